The number of rotatable bonds is 6. The highest BCUT2D eigenvalue weighted by atomic mass is 16.2. The van der Waals surface area contributed by atoms with Gasteiger partial charge in [0.25, 0.3) is 0 Å². The molecule has 19 heavy (non-hydrogen) atoms. The van der Waals surface area contributed by atoms with Crippen LogP contribution in [0.25, 0.3) is 0 Å². The van der Waals surface area contributed by atoms with E-state index in [9.17, 15) is 4.79 Å². The normalized spacial score (nSPS) is 24.2. The molecule has 2 rings (SSSR count). The zero-order valence-corrected chi connectivity index (χ0v) is 12.7. The van der Waals surface area contributed by atoms with Gasteiger partial charge >= 0.3 is 0 Å². The molecule has 2 saturated carbocycles. The second-order valence-corrected chi connectivity index (χ2v) is 6.56. The van der Waals surface area contributed by atoms with E-state index >= 15 is 0 Å². The van der Waals surface area contributed by atoms with E-state index in [-0.39, 0.29) is 17.5 Å². The van der Waals surface area contributed by atoms with E-state index in [2.05, 4.69) is 29.6 Å². The van der Waals surface area contributed by atoms with Gasteiger partial charge in [0.15, 0.2) is 0 Å². The highest BCUT2D eigenvalue weighted by Gasteiger charge is 2.39. The van der Waals surface area contributed by atoms with Crippen LogP contribution in [0.2, 0.25) is 0 Å². The zero-order valence-electron chi connectivity index (χ0n) is 12.7. The number of hydrogen-bond acceptors (Lipinski definition) is 3. The van der Waals surface area contributed by atoms with Crippen LogP contribution in [-0.2, 0) is 4.79 Å². The monoisotopic (exact) mass is 267 g/mol. The summed E-state index contributed by atoms with van der Waals surface area (Å²) in [7, 11) is 4.29. The maximum absolute atomic E-state index is 12.1. The van der Waals surface area contributed by atoms with E-state index in [0.29, 0.717) is 6.04 Å². The van der Waals surface area contributed by atoms with Gasteiger partial charge in [-0.05, 0) is 53.1 Å². The molecule has 2 N–H and O–H groups in total. The van der Waals surface area contributed by atoms with E-state index in [1.165, 1.54) is 32.1 Å². The molecule has 0 radical (unpaired) electrons. The molecule has 0 bridgehead atoms. The predicted octanol–water partition coefficient (Wildman–Crippen LogP) is 1.51. The lowest BCUT2D eigenvalue weighted by Crippen LogP contribution is -2.59. The Balaban J connectivity index is 1.73. The molecule has 110 valence electrons. The molecule has 0 saturated heterocycles. The molecule has 0 aliphatic heterocycles. The Bertz CT molecular complexity index is 307. The Hall–Kier alpha value is -0.610. The number of carbonyl (C=O) groups is 1. The topological polar surface area (TPSA) is 44.4 Å². The predicted molar refractivity (Wildman–Crippen MR) is 78.1 cm³/mol. The van der Waals surface area contributed by atoms with Gasteiger partial charge in [0, 0.05) is 18.1 Å². The number of hydrogen-bond donors (Lipinski definition) is 2. The van der Waals surface area contributed by atoms with Gasteiger partial charge in [-0.15, -0.1) is 0 Å². The highest BCUT2D eigenvalue weighted by molar-refractivity contribution is 5.81. The van der Waals surface area contributed by atoms with Crippen molar-refractivity contribution >= 4 is 5.91 Å². The first-order chi connectivity index (χ1) is 9.03. The van der Waals surface area contributed by atoms with Gasteiger partial charge in [-0.1, -0.05) is 12.8 Å². The molecule has 4 nitrogen and oxygen atoms in total. The molecule has 0 spiro atoms. The molecule has 0 aromatic carbocycles. The van der Waals surface area contributed by atoms with Crippen molar-refractivity contribution in [1.82, 2.24) is 15.5 Å². The van der Waals surface area contributed by atoms with Crippen molar-refractivity contribution in [2.24, 2.45) is 0 Å². The maximum Gasteiger partial charge on any atom is 0.237 e. The molecule has 0 aromatic heterocycles. The first-order valence-electron chi connectivity index (χ1n) is 7.75. The third kappa shape index (κ3) is 3.48. The van der Waals surface area contributed by atoms with Crippen molar-refractivity contribution < 1.29 is 4.79 Å². The summed E-state index contributed by atoms with van der Waals surface area (Å²) in [5.41, 5.74) is 0.280. The molecule has 0 heterocycles. The average Bonchev–Trinajstić information content (AvgIpc) is 2.79. The largest absolute Gasteiger partial charge is 0.352 e. The molecule has 0 aromatic rings. The van der Waals surface area contributed by atoms with Crippen molar-refractivity contribution in [1.29, 1.82) is 0 Å². The summed E-state index contributed by atoms with van der Waals surface area (Å²) in [6, 6.07) is 0.335. The standard InChI is InChI=1S/C15H29N3O/c1-12(14(19)17-13-7-4-5-8-13)16-11-15(18(2)3)9-6-10-15/h12-13,16H,4-11H2,1-3H3,(H,17,19). The van der Waals surface area contributed by atoms with E-state index in [1.807, 2.05) is 6.92 Å². The van der Waals surface area contributed by atoms with Gasteiger partial charge in [0.2, 0.25) is 5.91 Å². The Morgan fingerprint density at radius 1 is 1.26 bits per heavy atom. The van der Waals surface area contributed by atoms with Crippen LogP contribution in [0.1, 0.15) is 51.9 Å². The average molecular weight is 267 g/mol. The van der Waals surface area contributed by atoms with Crippen molar-refractivity contribution in [2.45, 2.75) is 69.5 Å². The van der Waals surface area contributed by atoms with Crippen LogP contribution in [0.4, 0.5) is 0 Å². The first-order valence-corrected chi connectivity index (χ1v) is 7.75. The Morgan fingerprint density at radius 3 is 2.37 bits per heavy atom. The number of likely N-dealkylation sites (N-methyl/N-ethyl adjacent to an activating group) is 1. The summed E-state index contributed by atoms with van der Waals surface area (Å²) >= 11 is 0. The number of amides is 1. The fraction of sp³-hybridized carbons (Fsp3) is 0.933. The third-order valence-electron chi connectivity index (χ3n) is 5.07. The molecule has 4 heteroatoms. The van der Waals surface area contributed by atoms with Crippen molar-refractivity contribution in [3.63, 3.8) is 0 Å². The fourth-order valence-corrected chi connectivity index (χ4v) is 3.20. The van der Waals surface area contributed by atoms with Crippen LogP contribution in [0.5, 0.6) is 0 Å². The van der Waals surface area contributed by atoms with E-state index in [4.69, 9.17) is 0 Å². The third-order valence-corrected chi connectivity index (χ3v) is 5.07. The van der Waals surface area contributed by atoms with Gasteiger partial charge in [0.05, 0.1) is 6.04 Å². The Kier molecular flexibility index (Phi) is 4.85. The second kappa shape index (κ2) is 6.23. The van der Waals surface area contributed by atoms with Gasteiger partial charge in [-0.3, -0.25) is 4.79 Å². The van der Waals surface area contributed by atoms with E-state index in [0.717, 1.165) is 19.4 Å². The fourth-order valence-electron chi connectivity index (χ4n) is 3.20. The SMILES string of the molecule is CC(NCC1(N(C)C)CCC1)C(=O)NC1CCCC1. The Labute approximate surface area is 117 Å². The summed E-state index contributed by atoms with van der Waals surface area (Å²) in [6.07, 6.45) is 8.61. The smallest absolute Gasteiger partial charge is 0.237 e. The quantitative estimate of drug-likeness (QED) is 0.767. The summed E-state index contributed by atoms with van der Waals surface area (Å²) in [5, 5.41) is 6.59. The summed E-state index contributed by atoms with van der Waals surface area (Å²) in [4.78, 5) is 14.4. The van der Waals surface area contributed by atoms with Crippen LogP contribution in [0.15, 0.2) is 0 Å². The highest BCUT2D eigenvalue weighted by Crippen LogP contribution is 2.35. The minimum absolute atomic E-state index is 0.0852. The summed E-state index contributed by atoms with van der Waals surface area (Å²) in [5.74, 6) is 0.167. The maximum atomic E-state index is 12.1. The van der Waals surface area contributed by atoms with Gasteiger partial charge < -0.3 is 15.5 Å². The van der Waals surface area contributed by atoms with Crippen LogP contribution >= 0.6 is 0 Å². The molecule has 2 aliphatic rings. The summed E-state index contributed by atoms with van der Waals surface area (Å²) < 4.78 is 0. The molecular formula is C15H29N3O. The molecule has 2 fully saturated rings. The second-order valence-electron chi connectivity index (χ2n) is 6.56. The zero-order chi connectivity index (χ0) is 13.9. The number of carbonyl (C=O) groups excluding carboxylic acids is 1. The number of nitrogens with zero attached hydrogens (tertiary/aromatic N) is 1. The van der Waals surface area contributed by atoms with Gasteiger partial charge in [-0.25, -0.2) is 0 Å². The lowest BCUT2D eigenvalue weighted by atomic mass is 9.75. The minimum atomic E-state index is -0.0852. The lowest BCUT2D eigenvalue weighted by Gasteiger charge is -2.48. The molecule has 2 aliphatic carbocycles. The molecule has 1 unspecified atom stereocenters. The van der Waals surface area contributed by atoms with E-state index < -0.39 is 0 Å². The van der Waals surface area contributed by atoms with Crippen molar-refractivity contribution in [3.8, 4) is 0 Å². The molecule has 1 amide bonds. The minimum Gasteiger partial charge on any atom is -0.352 e. The number of nitrogens with one attached hydrogen (secondary N) is 2. The van der Waals surface area contributed by atoms with Crippen LogP contribution < -0.4 is 10.6 Å². The van der Waals surface area contributed by atoms with Crippen molar-refractivity contribution in [3.05, 3.63) is 0 Å². The van der Waals surface area contributed by atoms with Gasteiger partial charge in [-0.2, -0.15) is 0 Å². The Morgan fingerprint density at radius 2 is 1.89 bits per heavy atom. The first kappa shape index (κ1) is 14.8. The van der Waals surface area contributed by atoms with E-state index in [1.54, 1.807) is 0 Å². The van der Waals surface area contributed by atoms with Crippen molar-refractivity contribution in [2.75, 3.05) is 20.6 Å². The lowest BCUT2D eigenvalue weighted by molar-refractivity contribution is -0.123. The summed E-state index contributed by atoms with van der Waals surface area (Å²) in [6.45, 7) is 2.89. The van der Waals surface area contributed by atoms with Crippen LogP contribution in [-0.4, -0.2) is 49.1 Å². The van der Waals surface area contributed by atoms with Gasteiger partial charge in [0.1, 0.15) is 0 Å². The van der Waals surface area contributed by atoms with Crippen LogP contribution in [0, 0.1) is 0 Å². The molecule has 1 atom stereocenters. The molecular weight excluding hydrogens is 238 g/mol. The van der Waals surface area contributed by atoms with Crippen LogP contribution in [0.3, 0.4) is 0 Å².